The highest BCUT2D eigenvalue weighted by molar-refractivity contribution is 5.43. The van der Waals surface area contributed by atoms with Crippen LogP contribution in [0.2, 0.25) is 0 Å². The molecule has 0 bridgehead atoms. The molecule has 0 fully saturated rings. The molecule has 5 nitrogen and oxygen atoms in total. The topological polar surface area (TPSA) is 54.9 Å². The summed E-state index contributed by atoms with van der Waals surface area (Å²) < 4.78 is 1.68. The third-order valence-electron chi connectivity index (χ3n) is 2.27. The molecule has 0 saturated heterocycles. The number of rotatable bonds is 2. The van der Waals surface area contributed by atoms with Crippen molar-refractivity contribution in [2.75, 3.05) is 0 Å². The fraction of sp³-hybridized carbons (Fsp3) is 0. The average Bonchev–Trinajstić information content (AvgIpc) is 2.85. The first-order chi connectivity index (χ1) is 8.42. The van der Waals surface area contributed by atoms with E-state index in [4.69, 9.17) is 0 Å². The predicted molar refractivity (Wildman–Crippen MR) is 63.6 cm³/mol. The van der Waals surface area contributed by atoms with Crippen molar-refractivity contribution in [1.29, 1.82) is 0 Å². The molecule has 0 unspecified atom stereocenters. The van der Waals surface area contributed by atoms with E-state index in [2.05, 4.69) is 20.3 Å². The van der Waals surface area contributed by atoms with Crippen LogP contribution in [0.4, 0.5) is 11.5 Å². The van der Waals surface area contributed by atoms with Crippen LogP contribution in [-0.2, 0) is 0 Å². The number of aromatic nitrogens is 3. The molecule has 3 aromatic rings. The van der Waals surface area contributed by atoms with Gasteiger partial charge < -0.3 is 0 Å². The van der Waals surface area contributed by atoms with E-state index in [1.807, 2.05) is 42.6 Å². The predicted octanol–water partition coefficient (Wildman–Crippen LogP) is 3.14. The molecule has 0 aliphatic rings. The van der Waals surface area contributed by atoms with E-state index in [1.165, 1.54) is 0 Å². The second-order valence-electron chi connectivity index (χ2n) is 3.46. The summed E-state index contributed by atoms with van der Waals surface area (Å²) in [5, 5.41) is 12.2. The number of hydrogen-bond donors (Lipinski definition) is 0. The lowest BCUT2D eigenvalue weighted by molar-refractivity contribution is 0.935. The van der Waals surface area contributed by atoms with Crippen molar-refractivity contribution in [2.24, 2.45) is 10.2 Å². The lowest BCUT2D eigenvalue weighted by Gasteiger charge is -1.94. The van der Waals surface area contributed by atoms with Gasteiger partial charge in [-0.25, -0.2) is 9.50 Å². The Morgan fingerprint density at radius 2 is 1.82 bits per heavy atom. The van der Waals surface area contributed by atoms with Crippen LogP contribution in [0, 0.1) is 0 Å². The fourth-order valence-electron chi connectivity index (χ4n) is 1.46. The Labute approximate surface area is 97.5 Å². The van der Waals surface area contributed by atoms with Crippen LogP contribution in [0.1, 0.15) is 0 Å². The molecule has 0 spiro atoms. The molecule has 0 N–H and O–H groups in total. The first-order valence-electron chi connectivity index (χ1n) is 5.19. The van der Waals surface area contributed by atoms with E-state index in [9.17, 15) is 0 Å². The summed E-state index contributed by atoms with van der Waals surface area (Å²) in [4.78, 5) is 4.29. The summed E-state index contributed by atoms with van der Waals surface area (Å²) in [5.41, 5.74) is 1.57. The molecule has 0 atom stereocenters. The standard InChI is InChI=1S/C12H9N5/c1-2-4-10(5-3-1)15-16-11-7-9-17-12(14-11)6-8-13-17/h1-9H. The van der Waals surface area contributed by atoms with Crippen molar-refractivity contribution < 1.29 is 0 Å². The Hall–Kier alpha value is -2.56. The van der Waals surface area contributed by atoms with Crippen molar-refractivity contribution >= 4 is 17.2 Å². The largest absolute Gasteiger partial charge is 0.222 e. The van der Waals surface area contributed by atoms with Gasteiger partial charge in [-0.2, -0.15) is 5.10 Å². The lowest BCUT2D eigenvalue weighted by atomic mass is 10.3. The third kappa shape index (κ3) is 2.03. The summed E-state index contributed by atoms with van der Waals surface area (Å²) in [6, 6.07) is 13.1. The summed E-state index contributed by atoms with van der Waals surface area (Å²) in [6.07, 6.45) is 3.50. The van der Waals surface area contributed by atoms with Gasteiger partial charge in [0, 0.05) is 18.3 Å². The van der Waals surface area contributed by atoms with Gasteiger partial charge in [-0.05, 0) is 12.1 Å². The molecular weight excluding hydrogens is 214 g/mol. The van der Waals surface area contributed by atoms with Crippen molar-refractivity contribution in [1.82, 2.24) is 14.6 Å². The molecule has 2 heterocycles. The Kier molecular flexibility index (Phi) is 2.34. The van der Waals surface area contributed by atoms with Gasteiger partial charge in [-0.1, -0.05) is 18.2 Å². The molecule has 0 saturated carbocycles. The quantitative estimate of drug-likeness (QED) is 0.626. The normalized spacial score (nSPS) is 11.3. The molecule has 82 valence electrons. The van der Waals surface area contributed by atoms with Crippen LogP contribution >= 0.6 is 0 Å². The van der Waals surface area contributed by atoms with E-state index in [0.29, 0.717) is 5.82 Å². The molecule has 1 aromatic carbocycles. The van der Waals surface area contributed by atoms with Gasteiger partial charge in [-0.3, -0.25) is 0 Å². The zero-order valence-electron chi connectivity index (χ0n) is 8.93. The van der Waals surface area contributed by atoms with Crippen LogP contribution in [-0.4, -0.2) is 14.6 Å². The number of fused-ring (bicyclic) bond motifs is 1. The molecule has 5 heteroatoms. The summed E-state index contributed by atoms with van der Waals surface area (Å²) >= 11 is 0. The lowest BCUT2D eigenvalue weighted by Crippen LogP contribution is -1.87. The van der Waals surface area contributed by atoms with Crippen LogP contribution in [0.3, 0.4) is 0 Å². The van der Waals surface area contributed by atoms with E-state index in [1.54, 1.807) is 16.8 Å². The van der Waals surface area contributed by atoms with Crippen molar-refractivity contribution in [3.05, 3.63) is 54.9 Å². The van der Waals surface area contributed by atoms with Gasteiger partial charge in [0.05, 0.1) is 11.9 Å². The zero-order valence-corrected chi connectivity index (χ0v) is 8.93. The van der Waals surface area contributed by atoms with Gasteiger partial charge in [0.15, 0.2) is 11.5 Å². The van der Waals surface area contributed by atoms with Crippen LogP contribution in [0.15, 0.2) is 65.1 Å². The van der Waals surface area contributed by atoms with Crippen LogP contribution < -0.4 is 0 Å². The Balaban J connectivity index is 1.92. The van der Waals surface area contributed by atoms with Crippen molar-refractivity contribution in [3.8, 4) is 0 Å². The minimum Gasteiger partial charge on any atom is -0.222 e. The molecule has 2 aromatic heterocycles. The van der Waals surface area contributed by atoms with Gasteiger partial charge in [0.25, 0.3) is 0 Å². The molecule has 0 amide bonds. The molecular formula is C12H9N5. The first-order valence-corrected chi connectivity index (χ1v) is 5.19. The highest BCUT2D eigenvalue weighted by Crippen LogP contribution is 2.15. The number of azo groups is 1. The number of nitrogens with zero attached hydrogens (tertiary/aromatic N) is 5. The highest BCUT2D eigenvalue weighted by atomic mass is 15.3. The average molecular weight is 223 g/mol. The second-order valence-corrected chi connectivity index (χ2v) is 3.46. The first kappa shape index (κ1) is 9.65. The number of benzene rings is 1. The minimum atomic E-state index is 0.571. The van der Waals surface area contributed by atoms with Gasteiger partial charge >= 0.3 is 0 Å². The zero-order chi connectivity index (χ0) is 11.5. The summed E-state index contributed by atoms with van der Waals surface area (Å²) in [6.45, 7) is 0. The maximum Gasteiger partial charge on any atom is 0.178 e. The van der Waals surface area contributed by atoms with E-state index in [-0.39, 0.29) is 0 Å². The third-order valence-corrected chi connectivity index (χ3v) is 2.27. The van der Waals surface area contributed by atoms with Crippen LogP contribution in [0.5, 0.6) is 0 Å². The van der Waals surface area contributed by atoms with E-state index < -0.39 is 0 Å². The van der Waals surface area contributed by atoms with Gasteiger partial charge in [0.1, 0.15) is 0 Å². The Morgan fingerprint density at radius 3 is 2.71 bits per heavy atom. The second kappa shape index (κ2) is 4.13. The molecule has 17 heavy (non-hydrogen) atoms. The Bertz CT molecular complexity index is 657. The fourth-order valence-corrected chi connectivity index (χ4v) is 1.46. The summed E-state index contributed by atoms with van der Waals surface area (Å²) in [7, 11) is 0. The van der Waals surface area contributed by atoms with E-state index >= 15 is 0 Å². The monoisotopic (exact) mass is 223 g/mol. The number of hydrogen-bond acceptors (Lipinski definition) is 4. The maximum absolute atomic E-state index is 4.29. The molecule has 3 rings (SSSR count). The molecule has 0 aliphatic carbocycles. The SMILES string of the molecule is c1ccc(N=Nc2ccn3nccc3n2)cc1. The molecule has 0 radical (unpaired) electrons. The van der Waals surface area contributed by atoms with Gasteiger partial charge in [0.2, 0.25) is 0 Å². The molecule has 0 aliphatic heterocycles. The minimum absolute atomic E-state index is 0.571. The van der Waals surface area contributed by atoms with Gasteiger partial charge in [-0.15, -0.1) is 10.2 Å². The Morgan fingerprint density at radius 1 is 0.941 bits per heavy atom. The van der Waals surface area contributed by atoms with Crippen LogP contribution in [0.25, 0.3) is 5.65 Å². The van der Waals surface area contributed by atoms with Crippen molar-refractivity contribution in [3.63, 3.8) is 0 Å². The van der Waals surface area contributed by atoms with Crippen molar-refractivity contribution in [2.45, 2.75) is 0 Å². The highest BCUT2D eigenvalue weighted by Gasteiger charge is 1.96. The maximum atomic E-state index is 4.29. The smallest absolute Gasteiger partial charge is 0.178 e. The van der Waals surface area contributed by atoms with E-state index in [0.717, 1.165) is 11.3 Å². The summed E-state index contributed by atoms with van der Waals surface area (Å²) in [5.74, 6) is 0.571.